The van der Waals surface area contributed by atoms with Gasteiger partial charge in [-0.15, -0.1) is 0 Å². The van der Waals surface area contributed by atoms with Crippen LogP contribution >= 0.6 is 0 Å². The molecule has 1 aromatic rings. The summed E-state index contributed by atoms with van der Waals surface area (Å²) in [7, 11) is -1.88. The van der Waals surface area contributed by atoms with Gasteiger partial charge in [-0.1, -0.05) is 19.9 Å². The van der Waals surface area contributed by atoms with E-state index in [1.165, 1.54) is 11.4 Å². The van der Waals surface area contributed by atoms with Gasteiger partial charge in [-0.2, -0.15) is 4.31 Å². The third kappa shape index (κ3) is 3.46. The van der Waals surface area contributed by atoms with Crippen LogP contribution in [0.25, 0.3) is 0 Å². The molecule has 0 saturated carbocycles. The third-order valence-electron chi connectivity index (χ3n) is 2.62. The lowest BCUT2D eigenvalue weighted by atomic mass is 10.3. The average molecular weight is 271 g/mol. The summed E-state index contributed by atoms with van der Waals surface area (Å²) in [4.78, 5) is 0.295. The van der Waals surface area contributed by atoms with Crippen LogP contribution in [0.4, 0.5) is 0 Å². The molecular weight excluding hydrogens is 250 g/mol. The zero-order valence-corrected chi connectivity index (χ0v) is 12.0. The molecule has 1 rings (SSSR count). The van der Waals surface area contributed by atoms with E-state index in [0.717, 1.165) is 12.8 Å². The smallest absolute Gasteiger partial charge is 0.243 e. The van der Waals surface area contributed by atoms with Crippen LogP contribution < -0.4 is 4.74 Å². The monoisotopic (exact) mass is 271 g/mol. The lowest BCUT2D eigenvalue weighted by molar-refractivity contribution is 0.404. The van der Waals surface area contributed by atoms with E-state index in [1.54, 1.807) is 24.3 Å². The van der Waals surface area contributed by atoms with Gasteiger partial charge in [0.05, 0.1) is 12.0 Å². The molecule has 102 valence electrons. The van der Waals surface area contributed by atoms with Crippen LogP contribution in [0, 0.1) is 0 Å². The Labute approximate surface area is 110 Å². The Hall–Kier alpha value is -1.07. The maximum absolute atomic E-state index is 12.5. The molecule has 0 amide bonds. The molecule has 4 nitrogen and oxygen atoms in total. The van der Waals surface area contributed by atoms with Crippen LogP contribution in [-0.2, 0) is 10.0 Å². The number of hydrogen-bond acceptors (Lipinski definition) is 3. The Bertz CT molecular complexity index is 465. The zero-order valence-electron chi connectivity index (χ0n) is 11.2. The molecule has 0 aliphatic rings. The fourth-order valence-corrected chi connectivity index (χ4v) is 3.42. The molecule has 0 aliphatic carbocycles. The largest absolute Gasteiger partial charge is 0.497 e. The SMILES string of the molecule is CCCN(CCC)S(=O)(=O)c1cccc(OC)c1. The Morgan fingerprint density at radius 3 is 2.28 bits per heavy atom. The van der Waals surface area contributed by atoms with Gasteiger partial charge in [-0.25, -0.2) is 8.42 Å². The second-order valence-electron chi connectivity index (χ2n) is 4.08. The molecular formula is C13H21NO3S. The first-order chi connectivity index (χ1) is 8.56. The second-order valence-corrected chi connectivity index (χ2v) is 6.02. The predicted molar refractivity (Wildman–Crippen MR) is 72.3 cm³/mol. The molecule has 0 spiro atoms. The second kappa shape index (κ2) is 6.75. The summed E-state index contributed by atoms with van der Waals surface area (Å²) in [5, 5.41) is 0. The quantitative estimate of drug-likeness (QED) is 0.765. The predicted octanol–water partition coefficient (Wildman–Crippen LogP) is 2.51. The Balaban J connectivity index is 3.08. The molecule has 0 aliphatic heterocycles. The van der Waals surface area contributed by atoms with Crippen LogP contribution in [0.1, 0.15) is 26.7 Å². The maximum Gasteiger partial charge on any atom is 0.243 e. The van der Waals surface area contributed by atoms with Crippen molar-refractivity contribution in [2.24, 2.45) is 0 Å². The molecule has 0 heterocycles. The highest BCUT2D eigenvalue weighted by molar-refractivity contribution is 7.89. The van der Waals surface area contributed by atoms with Crippen molar-refractivity contribution in [3.8, 4) is 5.75 Å². The summed E-state index contributed by atoms with van der Waals surface area (Å²) in [5.41, 5.74) is 0. The average Bonchev–Trinajstić information content (AvgIpc) is 2.38. The van der Waals surface area contributed by atoms with Crippen LogP contribution in [0.3, 0.4) is 0 Å². The van der Waals surface area contributed by atoms with Crippen molar-refractivity contribution >= 4 is 10.0 Å². The molecule has 1 aromatic carbocycles. The number of hydrogen-bond donors (Lipinski definition) is 0. The number of sulfonamides is 1. The van der Waals surface area contributed by atoms with E-state index < -0.39 is 10.0 Å². The van der Waals surface area contributed by atoms with Crippen molar-refractivity contribution in [3.63, 3.8) is 0 Å². The summed E-state index contributed by atoms with van der Waals surface area (Å²) in [6, 6.07) is 6.61. The topological polar surface area (TPSA) is 46.6 Å². The molecule has 0 bridgehead atoms. The van der Waals surface area contributed by atoms with Crippen LogP contribution in [0.15, 0.2) is 29.2 Å². The maximum atomic E-state index is 12.5. The van der Waals surface area contributed by atoms with Gasteiger partial charge in [0.2, 0.25) is 10.0 Å². The first-order valence-corrected chi connectivity index (χ1v) is 7.64. The first-order valence-electron chi connectivity index (χ1n) is 6.20. The van der Waals surface area contributed by atoms with E-state index in [4.69, 9.17) is 4.74 Å². The molecule has 0 fully saturated rings. The minimum atomic E-state index is -3.40. The summed E-state index contributed by atoms with van der Waals surface area (Å²) < 4.78 is 31.5. The molecule has 18 heavy (non-hydrogen) atoms. The molecule has 0 atom stereocenters. The number of methoxy groups -OCH3 is 1. The third-order valence-corrected chi connectivity index (χ3v) is 4.52. The van der Waals surface area contributed by atoms with E-state index in [-0.39, 0.29) is 0 Å². The number of rotatable bonds is 7. The highest BCUT2D eigenvalue weighted by Crippen LogP contribution is 2.21. The van der Waals surface area contributed by atoms with Gasteiger partial charge >= 0.3 is 0 Å². The lowest BCUT2D eigenvalue weighted by Gasteiger charge is -2.21. The number of nitrogens with zero attached hydrogens (tertiary/aromatic N) is 1. The fraction of sp³-hybridized carbons (Fsp3) is 0.538. The molecule has 0 radical (unpaired) electrons. The van der Waals surface area contributed by atoms with E-state index in [0.29, 0.717) is 23.7 Å². The summed E-state index contributed by atoms with van der Waals surface area (Å²) >= 11 is 0. The van der Waals surface area contributed by atoms with Crippen molar-refractivity contribution < 1.29 is 13.2 Å². The van der Waals surface area contributed by atoms with Crippen molar-refractivity contribution in [1.29, 1.82) is 0 Å². The van der Waals surface area contributed by atoms with Gasteiger partial charge < -0.3 is 4.74 Å². The van der Waals surface area contributed by atoms with E-state index in [1.807, 2.05) is 13.8 Å². The Morgan fingerprint density at radius 2 is 1.78 bits per heavy atom. The molecule has 0 N–H and O–H groups in total. The number of ether oxygens (including phenoxy) is 1. The zero-order chi connectivity index (χ0) is 13.6. The van der Waals surface area contributed by atoms with E-state index in [2.05, 4.69) is 0 Å². The first kappa shape index (κ1) is 15.0. The van der Waals surface area contributed by atoms with Crippen molar-refractivity contribution in [1.82, 2.24) is 4.31 Å². The van der Waals surface area contributed by atoms with Crippen molar-refractivity contribution in [3.05, 3.63) is 24.3 Å². The fourth-order valence-electron chi connectivity index (χ4n) is 1.76. The minimum absolute atomic E-state index is 0.295. The molecule has 5 heteroatoms. The highest BCUT2D eigenvalue weighted by atomic mass is 32.2. The number of benzene rings is 1. The molecule has 0 unspecified atom stereocenters. The highest BCUT2D eigenvalue weighted by Gasteiger charge is 2.23. The minimum Gasteiger partial charge on any atom is -0.497 e. The van der Waals surface area contributed by atoms with Gasteiger partial charge in [0.1, 0.15) is 5.75 Å². The molecule has 0 aromatic heterocycles. The normalized spacial score (nSPS) is 11.8. The Kier molecular flexibility index (Phi) is 5.62. The van der Waals surface area contributed by atoms with Crippen LogP contribution in [0.5, 0.6) is 5.75 Å². The van der Waals surface area contributed by atoms with Gasteiger partial charge in [-0.3, -0.25) is 0 Å². The van der Waals surface area contributed by atoms with E-state index in [9.17, 15) is 8.42 Å². The van der Waals surface area contributed by atoms with Gasteiger partial charge in [0, 0.05) is 19.2 Å². The summed E-state index contributed by atoms with van der Waals surface area (Å²) in [6.45, 7) is 5.05. The molecule has 0 saturated heterocycles. The van der Waals surface area contributed by atoms with Gasteiger partial charge in [0.25, 0.3) is 0 Å². The van der Waals surface area contributed by atoms with Gasteiger partial charge in [0.15, 0.2) is 0 Å². The van der Waals surface area contributed by atoms with Crippen molar-refractivity contribution in [2.45, 2.75) is 31.6 Å². The lowest BCUT2D eigenvalue weighted by Crippen LogP contribution is -2.32. The summed E-state index contributed by atoms with van der Waals surface area (Å²) in [6.07, 6.45) is 1.62. The van der Waals surface area contributed by atoms with Crippen LogP contribution in [0.2, 0.25) is 0 Å². The van der Waals surface area contributed by atoms with E-state index >= 15 is 0 Å². The van der Waals surface area contributed by atoms with Crippen molar-refractivity contribution in [2.75, 3.05) is 20.2 Å². The standard InChI is InChI=1S/C13H21NO3S/c1-4-9-14(10-5-2)18(15,16)13-8-6-7-12(11-13)17-3/h6-8,11H,4-5,9-10H2,1-3H3. The van der Waals surface area contributed by atoms with Crippen LogP contribution in [-0.4, -0.2) is 32.9 Å². The Morgan fingerprint density at radius 1 is 1.17 bits per heavy atom. The summed E-state index contributed by atoms with van der Waals surface area (Å²) in [5.74, 6) is 0.559. The van der Waals surface area contributed by atoms with Gasteiger partial charge in [-0.05, 0) is 25.0 Å².